The summed E-state index contributed by atoms with van der Waals surface area (Å²) in [4.78, 5) is 48.2. The van der Waals surface area contributed by atoms with Crippen molar-refractivity contribution in [1.29, 1.82) is 0 Å². The summed E-state index contributed by atoms with van der Waals surface area (Å²) in [5.41, 5.74) is 8.39. The lowest BCUT2D eigenvalue weighted by Crippen LogP contribution is -2.48. The second-order valence-electron chi connectivity index (χ2n) is 32.2. The first-order chi connectivity index (χ1) is 53.0. The Morgan fingerprint density at radius 2 is 1.10 bits per heavy atom. The predicted molar refractivity (Wildman–Crippen MR) is 457 cm³/mol. The van der Waals surface area contributed by atoms with Crippen molar-refractivity contribution in [3.05, 3.63) is 194 Å². The molecule has 4 saturated heterocycles. The second kappa shape index (κ2) is 40.2. The van der Waals surface area contributed by atoms with Crippen molar-refractivity contribution in [2.24, 2.45) is 0 Å². The van der Waals surface area contributed by atoms with Crippen LogP contribution in [0.4, 0.5) is 21.9 Å². The van der Waals surface area contributed by atoms with Gasteiger partial charge >= 0.3 is 13.2 Å². The highest BCUT2D eigenvalue weighted by Crippen LogP contribution is 2.47. The number of nitrogens with zero attached hydrogens (tertiary/aromatic N) is 15. The first kappa shape index (κ1) is 94.1. The number of fused-ring (bicyclic) bond motifs is 3. The average Bonchev–Trinajstić information content (AvgIpc) is 1.58. The van der Waals surface area contributed by atoms with E-state index < -0.39 is 50.3 Å². The number of hydrogen-bond acceptors (Lipinski definition) is 16. The van der Waals surface area contributed by atoms with Crippen LogP contribution in [0.5, 0.6) is 0 Å². The van der Waals surface area contributed by atoms with Crippen LogP contribution in [0.2, 0.25) is 61.4 Å². The summed E-state index contributed by atoms with van der Waals surface area (Å²) < 4.78 is 77.3. The van der Waals surface area contributed by atoms with Gasteiger partial charge < -0.3 is 47.9 Å². The van der Waals surface area contributed by atoms with Gasteiger partial charge in [0.25, 0.3) is 0 Å². The number of sulfonamides is 1. The van der Waals surface area contributed by atoms with Crippen LogP contribution < -0.4 is 10.8 Å². The minimum absolute atomic E-state index is 0. The third-order valence-corrected chi connectivity index (χ3v) is 28.2. The van der Waals surface area contributed by atoms with Gasteiger partial charge in [0.05, 0.1) is 76.4 Å². The van der Waals surface area contributed by atoms with Gasteiger partial charge in [0.2, 0.25) is 36.1 Å². The molecule has 6 fully saturated rings. The highest BCUT2D eigenvalue weighted by molar-refractivity contribution is 8.15. The molecule has 8 aromatic rings. The molecule has 6 aliphatic rings. The molecule has 0 bridgehead atoms. The monoisotopic (exact) mass is 1710 g/mol. The Kier molecular flexibility index (Phi) is 33.2. The van der Waals surface area contributed by atoms with Gasteiger partial charge in [-0.25, -0.2) is 60.7 Å². The van der Waals surface area contributed by atoms with Crippen LogP contribution in [0.25, 0.3) is 73.3 Å². The molecule has 608 valence electrons. The molecule has 14 rings (SSSR count). The zero-order valence-electron chi connectivity index (χ0n) is 66.8. The predicted octanol–water partition coefficient (Wildman–Crippen LogP) is 17.3. The Morgan fingerprint density at radius 3 is 1.52 bits per heavy atom. The molecule has 38 heteroatoms. The van der Waals surface area contributed by atoms with Gasteiger partial charge in [-0.15, -0.1) is 12.4 Å². The van der Waals surface area contributed by atoms with Crippen LogP contribution in [-0.4, -0.2) is 184 Å². The van der Waals surface area contributed by atoms with Crippen molar-refractivity contribution in [2.75, 3.05) is 52.5 Å². The molecule has 1 amide bonds. The van der Waals surface area contributed by atoms with E-state index in [2.05, 4.69) is 114 Å². The number of halogens is 4. The first-order valence-corrected chi connectivity index (χ1v) is 48.0. The number of aromatic nitrogens is 10. The number of hydrogen-bond donors (Lipinski definition) is 4. The third kappa shape index (κ3) is 26.1. The van der Waals surface area contributed by atoms with E-state index in [0.29, 0.717) is 72.4 Å². The van der Waals surface area contributed by atoms with Crippen molar-refractivity contribution < 1.29 is 45.1 Å². The smallest absolute Gasteiger partial charge is 0.444 e. The number of rotatable bonds is 15. The Balaban J connectivity index is 0.000000208. The van der Waals surface area contributed by atoms with Crippen LogP contribution in [0.15, 0.2) is 115 Å². The second-order valence-corrected chi connectivity index (χ2v) is 49.7. The number of carbonyl (C=O) groups is 1. The van der Waals surface area contributed by atoms with Gasteiger partial charge in [-0.1, -0.05) is 62.5 Å². The van der Waals surface area contributed by atoms with Gasteiger partial charge in [0.15, 0.2) is 18.6 Å². The molecule has 12 heterocycles. The van der Waals surface area contributed by atoms with Crippen LogP contribution >= 0.6 is 46.3 Å². The Labute approximate surface area is 691 Å². The highest BCUT2D eigenvalue weighted by atomic mass is 35.7. The molecule has 2 saturated carbocycles. The lowest BCUT2D eigenvalue weighted by Gasteiger charge is -2.35. The van der Waals surface area contributed by atoms with Crippen molar-refractivity contribution in [3.8, 4) is 11.1 Å². The van der Waals surface area contributed by atoms with E-state index >= 15 is 0 Å². The number of carbonyl (C=O) groups excluding carboxylic acids is 1. The molecule has 0 radical (unpaired) electrons. The lowest BCUT2D eigenvalue weighted by atomic mass is 9.82. The van der Waals surface area contributed by atoms with Gasteiger partial charge in [-0.3, -0.25) is 15.2 Å². The quantitative estimate of drug-likeness (QED) is 0.0321. The van der Waals surface area contributed by atoms with Gasteiger partial charge in [0.1, 0.15) is 36.0 Å². The Morgan fingerprint density at radius 1 is 0.632 bits per heavy atom. The molecule has 0 unspecified atom stereocenters. The number of aromatic amines is 3. The number of H-pyrrole nitrogens is 3. The Bertz CT molecular complexity index is 5220. The topological polar surface area (TPSA) is 298 Å². The number of ether oxygens (including phenoxy) is 3. The summed E-state index contributed by atoms with van der Waals surface area (Å²) in [6, 6.07) is 7.95. The standard InChI is InChI=1S/C17H21N5OSi.C14H18ClN3OSi.C10H14N2O2.C9H15BN2O2.C9H12N2O2S.C8H4ClN3.C5H6N2.C4H7ClO2S.ClH/c1-18-15-11-19-17-14(16(15)13-9-20-21-10-13)5-6-22(17)12-23-7-8-24(2,3)4;1-16-12-9-17-14-11(13(12)15)5-6-18(14)10-19-7-8-20(2,3)4;1-10(2,3)14-9(13)12-6-8(7-12)5-11-4;1-8(2)9(3,4)14-10(13-8)7-5-11-12-6-7;1-9(3-4-9)14(12,13)11-6-8(7-11)5-10-2;1-10-6-4-12-8-5(7(6)9)2-3-11-8;1-6-2-5-3-7-4-5;1-4(2-3-4)8(5,6)7;/h5-6,9-11H,7-8,12H2,2-4H3,(H,20,21);5-6,9H,7-8,10H2,2-4H3;5H,6-7H2,1-3H3;5-6H,1-4H3,(H,11,12);5H,3-4,6-7H2,1H3;2-4H,(H,11,12);2,7H,3-4H2;2-3H2,1H3;1H. The normalized spacial score (nSPS) is 16.4. The van der Waals surface area contributed by atoms with Crippen LogP contribution in [-0.2, 0) is 56.1 Å². The molecule has 0 aromatic carbocycles. The van der Waals surface area contributed by atoms with E-state index in [4.69, 9.17) is 96.8 Å². The molecule has 29 nitrogen and oxygen atoms in total. The van der Waals surface area contributed by atoms with Crippen molar-refractivity contribution in [3.63, 3.8) is 0 Å². The van der Waals surface area contributed by atoms with E-state index in [-0.39, 0.29) is 36.8 Å². The van der Waals surface area contributed by atoms with E-state index in [0.717, 1.165) is 119 Å². The minimum Gasteiger partial charge on any atom is -0.444 e. The fraction of sp³-hybridized carbons (Fsp3) is 0.474. The molecule has 4 aliphatic heterocycles. The summed E-state index contributed by atoms with van der Waals surface area (Å²) in [7, 11) is -3.75. The van der Waals surface area contributed by atoms with E-state index in [1.54, 1.807) is 68.2 Å². The molecular weight excluding hydrogens is 1610 g/mol. The SMILES string of the molecule is CC1(C)OB(c2cn[nH]c2)OC1(C)C.CC1(S(=O)(=O)Cl)CC1.Cl.[C-]#[N+]C=C1CN(C(=O)OC(C)(C)C)C1.[C-]#[N+]C=C1CN(S(=O)(=O)C2(C)CC2)C1.[C-]#[N+]C=C1CNC1.[C-]#[N+]c1cnc2[nH]ccc2c1Cl.[C-]#[N+]c1cnc2c(ccn2COCC[Si](C)(C)C)c1-c1cn[nH]c1.[C-]#[N+]c1cnc2c(ccn2COCC[Si](C)(C)C)c1Cl. The molecule has 0 spiro atoms. The summed E-state index contributed by atoms with van der Waals surface area (Å²) in [5, 5.41) is 19.9. The molecule has 114 heavy (non-hydrogen) atoms. The maximum absolute atomic E-state index is 11.9. The lowest BCUT2D eigenvalue weighted by molar-refractivity contribution is 0.00578. The molecule has 4 N–H and O–H groups in total. The van der Waals surface area contributed by atoms with Crippen LogP contribution in [0.1, 0.15) is 88.0 Å². The summed E-state index contributed by atoms with van der Waals surface area (Å²) >= 11 is 12.1. The molecule has 0 atom stereocenters. The minimum atomic E-state index is -3.26. The van der Waals surface area contributed by atoms with Gasteiger partial charge in [-0.2, -0.15) is 14.5 Å². The number of nitrogens with one attached hydrogen (secondary N) is 4. The number of likely N-dealkylation sites (tertiary alicyclic amines) is 1. The summed E-state index contributed by atoms with van der Waals surface area (Å²) in [5.74, 6) is 0. The van der Waals surface area contributed by atoms with Crippen LogP contribution in [0.3, 0.4) is 0 Å². The average molecular weight is 1710 g/mol. The third-order valence-electron chi connectivity index (χ3n) is 18.7. The fourth-order valence-corrected chi connectivity index (χ4v) is 15.2. The fourth-order valence-electron chi connectivity index (χ4n) is 10.2. The molecule has 8 aromatic heterocycles. The zero-order valence-corrected chi connectivity index (χ0v) is 73.5. The summed E-state index contributed by atoms with van der Waals surface area (Å²) in [6.45, 7) is 78.1. The maximum Gasteiger partial charge on any atom is 0.498 e. The van der Waals surface area contributed by atoms with Gasteiger partial charge in [0, 0.05) is 168 Å². The van der Waals surface area contributed by atoms with Crippen molar-refractivity contribution in [1.82, 2.24) is 64.0 Å². The van der Waals surface area contributed by atoms with E-state index in [9.17, 15) is 21.6 Å². The van der Waals surface area contributed by atoms with Crippen molar-refractivity contribution in [2.45, 2.75) is 179 Å². The molecule has 2 aliphatic carbocycles. The first-order valence-electron chi connectivity index (χ1n) is 36.1. The summed E-state index contributed by atoms with van der Waals surface area (Å²) in [6.07, 6.45) is 24.4. The largest absolute Gasteiger partial charge is 0.498 e. The zero-order chi connectivity index (χ0) is 83.5. The Hall–Kier alpha value is -8.76. The number of amides is 1. The van der Waals surface area contributed by atoms with Crippen molar-refractivity contribution >= 4 is 150 Å². The van der Waals surface area contributed by atoms with E-state index in [1.807, 2.05) is 82.1 Å². The van der Waals surface area contributed by atoms with E-state index in [1.165, 1.54) is 34.7 Å². The van der Waals surface area contributed by atoms with Crippen LogP contribution in [0, 0.1) is 39.4 Å². The van der Waals surface area contributed by atoms with Gasteiger partial charge in [-0.05, 0) is 135 Å². The molecular formula is C76H98BCl4N19O10S2Si2. The maximum atomic E-state index is 11.9. The highest BCUT2D eigenvalue weighted by Gasteiger charge is 2.55. The number of pyridine rings is 3.